The van der Waals surface area contributed by atoms with Crippen LogP contribution in [-0.2, 0) is 16.8 Å². The van der Waals surface area contributed by atoms with Gasteiger partial charge in [0.1, 0.15) is 17.1 Å². The van der Waals surface area contributed by atoms with E-state index in [2.05, 4.69) is 41.3 Å². The number of primary amides is 1. The summed E-state index contributed by atoms with van der Waals surface area (Å²) < 4.78 is 6.93. The lowest BCUT2D eigenvalue weighted by molar-refractivity contribution is -0.117. The number of nitrogens with one attached hydrogen (secondary N) is 1. The average Bonchev–Trinajstić information content (AvgIpc) is 3.18. The van der Waals surface area contributed by atoms with Gasteiger partial charge in [-0.25, -0.2) is 4.68 Å². The number of amides is 2. The molecule has 1 unspecified atom stereocenters. The van der Waals surface area contributed by atoms with Gasteiger partial charge in [0.05, 0.1) is 22.8 Å². The van der Waals surface area contributed by atoms with Crippen molar-refractivity contribution in [3.63, 3.8) is 0 Å². The highest BCUT2D eigenvalue weighted by Crippen LogP contribution is 2.45. The van der Waals surface area contributed by atoms with Crippen molar-refractivity contribution in [1.29, 1.82) is 0 Å². The second kappa shape index (κ2) is 8.27. The lowest BCUT2D eigenvalue weighted by Gasteiger charge is -2.15. The number of hydrogen-bond acceptors (Lipinski definition) is 7. The Bertz CT molecular complexity index is 1230. The first kappa shape index (κ1) is 23.5. The SMILES string of the molecule is CC(C(=O)Nc1cc(CC(C)(C)C)no1)c1ccc(-c2nn(C3(C)CC3)c(N)c2C(N)=O)nc1. The standard InChI is InChI=1S/C24H31N7O3/c1-13(22(33)28-17-10-15(30-34-17)11-23(2,3)4)14-6-7-16(27-12-14)19-18(21(26)32)20(25)31(29-19)24(5)8-9-24/h6-7,10,12-13H,8-9,11,25H2,1-5H3,(H2,26,32)(H,28,33). The van der Waals surface area contributed by atoms with Gasteiger partial charge in [-0.15, -0.1) is 0 Å². The zero-order chi connectivity index (χ0) is 24.8. The van der Waals surface area contributed by atoms with E-state index < -0.39 is 11.8 Å². The van der Waals surface area contributed by atoms with Crippen LogP contribution in [0.4, 0.5) is 11.7 Å². The zero-order valence-corrected chi connectivity index (χ0v) is 20.2. The number of pyridine rings is 1. The minimum Gasteiger partial charge on any atom is -0.383 e. The predicted molar refractivity (Wildman–Crippen MR) is 128 cm³/mol. The minimum absolute atomic E-state index is 0.0596. The zero-order valence-electron chi connectivity index (χ0n) is 20.2. The third kappa shape index (κ3) is 4.66. The van der Waals surface area contributed by atoms with Gasteiger partial charge in [-0.2, -0.15) is 5.10 Å². The van der Waals surface area contributed by atoms with Crippen LogP contribution in [0.2, 0.25) is 0 Å². The number of carbonyl (C=O) groups excluding carboxylic acids is 2. The molecule has 1 aliphatic carbocycles. The van der Waals surface area contributed by atoms with Crippen molar-refractivity contribution in [3.8, 4) is 11.4 Å². The van der Waals surface area contributed by atoms with E-state index in [1.165, 1.54) is 0 Å². The maximum atomic E-state index is 12.8. The van der Waals surface area contributed by atoms with E-state index in [0.29, 0.717) is 22.8 Å². The van der Waals surface area contributed by atoms with Gasteiger partial charge >= 0.3 is 0 Å². The predicted octanol–water partition coefficient (Wildman–Crippen LogP) is 3.45. The normalized spacial score (nSPS) is 15.7. The van der Waals surface area contributed by atoms with Crippen molar-refractivity contribution in [1.82, 2.24) is 19.9 Å². The summed E-state index contributed by atoms with van der Waals surface area (Å²) in [6.45, 7) is 10.1. The van der Waals surface area contributed by atoms with Crippen LogP contribution in [0.1, 0.15) is 75.0 Å². The molecular formula is C24H31N7O3. The Morgan fingerprint density at radius 2 is 2.00 bits per heavy atom. The van der Waals surface area contributed by atoms with Crippen molar-refractivity contribution in [2.45, 2.75) is 65.3 Å². The quantitative estimate of drug-likeness (QED) is 0.482. The Labute approximate surface area is 198 Å². The molecular weight excluding hydrogens is 434 g/mol. The van der Waals surface area contributed by atoms with E-state index in [4.69, 9.17) is 16.0 Å². The van der Waals surface area contributed by atoms with E-state index in [1.54, 1.807) is 36.0 Å². The molecule has 5 N–H and O–H groups in total. The summed E-state index contributed by atoms with van der Waals surface area (Å²) in [7, 11) is 0. The van der Waals surface area contributed by atoms with Gasteiger partial charge in [0, 0.05) is 12.3 Å². The van der Waals surface area contributed by atoms with Crippen molar-refractivity contribution < 1.29 is 14.1 Å². The Hall–Kier alpha value is -3.69. The van der Waals surface area contributed by atoms with E-state index in [0.717, 1.165) is 25.0 Å². The van der Waals surface area contributed by atoms with Gasteiger partial charge in [0.25, 0.3) is 5.91 Å². The first-order valence-corrected chi connectivity index (χ1v) is 11.3. The third-order valence-corrected chi connectivity index (χ3v) is 6.09. The molecule has 1 aliphatic rings. The molecule has 10 nitrogen and oxygen atoms in total. The molecule has 0 aliphatic heterocycles. The van der Waals surface area contributed by atoms with Gasteiger partial charge in [0.2, 0.25) is 11.8 Å². The molecule has 3 aromatic heterocycles. The summed E-state index contributed by atoms with van der Waals surface area (Å²) in [6.07, 6.45) is 4.18. The Kier molecular flexibility index (Phi) is 5.71. The Balaban J connectivity index is 1.51. The number of nitrogen functional groups attached to an aromatic ring is 1. The topological polar surface area (TPSA) is 155 Å². The van der Waals surface area contributed by atoms with Crippen LogP contribution >= 0.6 is 0 Å². The molecule has 1 atom stereocenters. The monoisotopic (exact) mass is 465 g/mol. The highest BCUT2D eigenvalue weighted by molar-refractivity contribution is 6.03. The fourth-order valence-corrected chi connectivity index (χ4v) is 3.84. The van der Waals surface area contributed by atoms with Crippen molar-refractivity contribution in [2.24, 2.45) is 11.1 Å². The smallest absolute Gasteiger partial charge is 0.254 e. The number of rotatable bonds is 7. The van der Waals surface area contributed by atoms with E-state index in [9.17, 15) is 9.59 Å². The molecule has 0 bridgehead atoms. The summed E-state index contributed by atoms with van der Waals surface area (Å²) in [5, 5.41) is 11.3. The molecule has 0 radical (unpaired) electrons. The van der Waals surface area contributed by atoms with Crippen molar-refractivity contribution in [2.75, 3.05) is 11.1 Å². The van der Waals surface area contributed by atoms with Gasteiger partial charge in [-0.3, -0.25) is 19.9 Å². The molecule has 1 fully saturated rings. The molecule has 4 rings (SSSR count). The fraction of sp³-hybridized carbons (Fsp3) is 0.458. The maximum absolute atomic E-state index is 12.8. The van der Waals surface area contributed by atoms with Crippen molar-refractivity contribution in [3.05, 3.63) is 41.2 Å². The van der Waals surface area contributed by atoms with Crippen LogP contribution in [0.5, 0.6) is 0 Å². The van der Waals surface area contributed by atoms with E-state index in [-0.39, 0.29) is 28.2 Å². The summed E-state index contributed by atoms with van der Waals surface area (Å²) in [4.78, 5) is 29.3. The summed E-state index contributed by atoms with van der Waals surface area (Å²) in [5.74, 6) is -0.845. The van der Waals surface area contributed by atoms with E-state index >= 15 is 0 Å². The first-order chi connectivity index (χ1) is 15.9. The number of carbonyl (C=O) groups is 2. The van der Waals surface area contributed by atoms with Gasteiger partial charge in [0.15, 0.2) is 0 Å². The molecule has 0 saturated heterocycles. The molecule has 34 heavy (non-hydrogen) atoms. The number of nitrogens with zero attached hydrogens (tertiary/aromatic N) is 4. The fourth-order valence-electron chi connectivity index (χ4n) is 3.84. The first-order valence-electron chi connectivity index (χ1n) is 11.3. The largest absolute Gasteiger partial charge is 0.383 e. The molecule has 180 valence electrons. The lowest BCUT2D eigenvalue weighted by Crippen LogP contribution is -2.19. The Morgan fingerprint density at radius 1 is 1.29 bits per heavy atom. The minimum atomic E-state index is -0.653. The molecule has 0 spiro atoms. The lowest BCUT2D eigenvalue weighted by atomic mass is 9.91. The third-order valence-electron chi connectivity index (χ3n) is 6.09. The number of aromatic nitrogens is 4. The van der Waals surface area contributed by atoms with Crippen LogP contribution in [0.15, 0.2) is 28.9 Å². The second-order valence-electron chi connectivity index (χ2n) is 10.5. The summed E-state index contributed by atoms with van der Waals surface area (Å²) in [6, 6.07) is 5.23. The molecule has 1 saturated carbocycles. The van der Waals surface area contributed by atoms with Crippen LogP contribution in [0, 0.1) is 5.41 Å². The molecule has 3 heterocycles. The van der Waals surface area contributed by atoms with Crippen LogP contribution in [0.3, 0.4) is 0 Å². The number of anilines is 2. The molecule has 2 amide bonds. The highest BCUT2D eigenvalue weighted by atomic mass is 16.5. The number of hydrogen-bond donors (Lipinski definition) is 3. The van der Waals surface area contributed by atoms with Gasteiger partial charge in [-0.05, 0) is 50.2 Å². The second-order valence-corrected chi connectivity index (χ2v) is 10.5. The van der Waals surface area contributed by atoms with Gasteiger partial charge < -0.3 is 16.0 Å². The van der Waals surface area contributed by atoms with Crippen LogP contribution in [0.25, 0.3) is 11.4 Å². The maximum Gasteiger partial charge on any atom is 0.254 e. The molecule has 10 heteroatoms. The van der Waals surface area contributed by atoms with Crippen molar-refractivity contribution >= 4 is 23.5 Å². The van der Waals surface area contributed by atoms with E-state index in [1.807, 2.05) is 6.92 Å². The van der Waals surface area contributed by atoms with Crippen LogP contribution < -0.4 is 16.8 Å². The van der Waals surface area contributed by atoms with Crippen LogP contribution in [-0.4, -0.2) is 31.7 Å². The Morgan fingerprint density at radius 3 is 2.56 bits per heavy atom. The average molecular weight is 466 g/mol. The molecule has 3 aromatic rings. The molecule has 0 aromatic carbocycles. The summed E-state index contributed by atoms with van der Waals surface area (Å²) in [5.41, 5.74) is 14.1. The van der Waals surface area contributed by atoms with Gasteiger partial charge in [-0.1, -0.05) is 32.0 Å². The summed E-state index contributed by atoms with van der Waals surface area (Å²) >= 11 is 0. The highest BCUT2D eigenvalue weighted by Gasteiger charge is 2.43. The number of nitrogens with two attached hydrogens (primary N) is 2.